The zero-order valence-corrected chi connectivity index (χ0v) is 17.8. The molecular weight excluding hydrogens is 404 g/mol. The van der Waals surface area contributed by atoms with E-state index < -0.39 is 5.97 Å². The Hall–Kier alpha value is -4.11. The van der Waals surface area contributed by atoms with E-state index in [9.17, 15) is 9.90 Å². The molecule has 1 N–H and O–H groups in total. The first kappa shape index (κ1) is 22.6. The van der Waals surface area contributed by atoms with Crippen molar-refractivity contribution >= 4 is 17.9 Å². The van der Waals surface area contributed by atoms with Gasteiger partial charge in [0.1, 0.15) is 17.2 Å². The number of carbonyl (C=O) groups is 1. The van der Waals surface area contributed by atoms with Gasteiger partial charge in [0, 0.05) is 17.8 Å². The van der Waals surface area contributed by atoms with Gasteiger partial charge in [-0.2, -0.15) is 5.26 Å². The molecule has 0 unspecified atom stereocenters. The molecule has 3 aromatic carbocycles. The van der Waals surface area contributed by atoms with E-state index >= 15 is 0 Å². The summed E-state index contributed by atoms with van der Waals surface area (Å²) < 4.78 is 11.0. The number of esters is 1. The van der Waals surface area contributed by atoms with Gasteiger partial charge in [-0.15, -0.1) is 0 Å². The summed E-state index contributed by atoms with van der Waals surface area (Å²) in [7, 11) is 0. The number of carbonyl (C=O) groups excluding carboxylic acids is 1. The highest BCUT2D eigenvalue weighted by molar-refractivity contribution is 5.91. The Morgan fingerprint density at radius 2 is 1.75 bits per heavy atom. The molecule has 0 fully saturated rings. The van der Waals surface area contributed by atoms with Crippen LogP contribution in [0.5, 0.6) is 17.2 Å². The monoisotopic (exact) mass is 428 g/mol. The van der Waals surface area contributed by atoms with Gasteiger partial charge >= 0.3 is 5.97 Å². The molecule has 0 aromatic heterocycles. The molecule has 32 heavy (non-hydrogen) atoms. The van der Waals surface area contributed by atoms with E-state index in [0.717, 1.165) is 19.3 Å². The van der Waals surface area contributed by atoms with Gasteiger partial charge in [-0.1, -0.05) is 19.8 Å². The molecule has 0 aliphatic carbocycles. The Morgan fingerprint density at radius 1 is 1.03 bits per heavy atom. The van der Waals surface area contributed by atoms with Gasteiger partial charge in [-0.3, -0.25) is 4.99 Å². The topological polar surface area (TPSA) is 91.9 Å². The number of unbranched alkanes of at least 4 members (excludes halogenated alkanes) is 2. The minimum Gasteiger partial charge on any atom is -0.507 e. The van der Waals surface area contributed by atoms with Crippen molar-refractivity contribution < 1.29 is 19.4 Å². The van der Waals surface area contributed by atoms with Crippen LogP contribution >= 0.6 is 0 Å². The predicted molar refractivity (Wildman–Crippen MR) is 123 cm³/mol. The van der Waals surface area contributed by atoms with E-state index in [-0.39, 0.29) is 11.5 Å². The molecule has 0 bridgehead atoms. The second-order valence-corrected chi connectivity index (χ2v) is 7.11. The smallest absolute Gasteiger partial charge is 0.343 e. The van der Waals surface area contributed by atoms with E-state index in [2.05, 4.69) is 11.9 Å². The molecular formula is C26H24N2O4. The van der Waals surface area contributed by atoms with Gasteiger partial charge in [-0.05, 0) is 67.1 Å². The van der Waals surface area contributed by atoms with E-state index in [1.54, 1.807) is 60.7 Å². The average Bonchev–Trinajstić information content (AvgIpc) is 2.82. The third-order valence-corrected chi connectivity index (χ3v) is 4.67. The molecule has 0 saturated carbocycles. The van der Waals surface area contributed by atoms with Gasteiger partial charge in [0.25, 0.3) is 0 Å². The van der Waals surface area contributed by atoms with Crippen molar-refractivity contribution in [1.82, 2.24) is 0 Å². The molecule has 3 aromatic rings. The number of nitriles is 1. The summed E-state index contributed by atoms with van der Waals surface area (Å²) in [6, 6.07) is 20.1. The number of phenolic OH excluding ortho intramolecular Hbond substituents is 1. The molecule has 0 spiro atoms. The fourth-order valence-corrected chi connectivity index (χ4v) is 2.86. The maximum Gasteiger partial charge on any atom is 0.343 e. The lowest BCUT2D eigenvalue weighted by Gasteiger charge is -2.08. The first-order valence-electron chi connectivity index (χ1n) is 10.4. The lowest BCUT2D eigenvalue weighted by atomic mass is 10.2. The quantitative estimate of drug-likeness (QED) is 0.201. The van der Waals surface area contributed by atoms with Crippen LogP contribution in [0.4, 0.5) is 5.69 Å². The highest BCUT2D eigenvalue weighted by Gasteiger charge is 2.10. The van der Waals surface area contributed by atoms with Crippen LogP contribution in [0.2, 0.25) is 0 Å². The summed E-state index contributed by atoms with van der Waals surface area (Å²) in [4.78, 5) is 16.7. The fraction of sp³-hybridized carbons (Fsp3) is 0.192. The summed E-state index contributed by atoms with van der Waals surface area (Å²) in [5.41, 5.74) is 2.05. The Kier molecular flexibility index (Phi) is 7.99. The number of rotatable bonds is 9. The number of benzene rings is 3. The zero-order valence-electron chi connectivity index (χ0n) is 17.8. The Labute approximate surface area is 187 Å². The summed E-state index contributed by atoms with van der Waals surface area (Å²) in [5.74, 6) is 0.341. The van der Waals surface area contributed by atoms with Crippen molar-refractivity contribution in [1.29, 1.82) is 5.26 Å². The van der Waals surface area contributed by atoms with Gasteiger partial charge in [0.2, 0.25) is 0 Å². The van der Waals surface area contributed by atoms with Gasteiger partial charge in [0.05, 0.1) is 29.5 Å². The molecule has 0 atom stereocenters. The van der Waals surface area contributed by atoms with Crippen molar-refractivity contribution in [3.63, 3.8) is 0 Å². The van der Waals surface area contributed by atoms with Crippen molar-refractivity contribution in [2.75, 3.05) is 6.61 Å². The molecule has 0 heterocycles. The van der Waals surface area contributed by atoms with E-state index in [1.165, 1.54) is 12.3 Å². The number of nitrogens with zero attached hydrogens (tertiary/aromatic N) is 2. The third kappa shape index (κ3) is 6.44. The van der Waals surface area contributed by atoms with Gasteiger partial charge < -0.3 is 14.6 Å². The van der Waals surface area contributed by atoms with Gasteiger partial charge in [-0.25, -0.2) is 4.79 Å². The van der Waals surface area contributed by atoms with E-state index in [1.807, 2.05) is 6.07 Å². The maximum absolute atomic E-state index is 12.4. The first-order chi connectivity index (χ1) is 15.6. The average molecular weight is 428 g/mol. The van der Waals surface area contributed by atoms with E-state index in [0.29, 0.717) is 34.7 Å². The summed E-state index contributed by atoms with van der Waals surface area (Å²) >= 11 is 0. The molecule has 0 radical (unpaired) electrons. The molecule has 6 heteroatoms. The van der Waals surface area contributed by atoms with Crippen molar-refractivity contribution in [2.24, 2.45) is 4.99 Å². The minimum atomic E-state index is -0.527. The van der Waals surface area contributed by atoms with Crippen LogP contribution in [-0.4, -0.2) is 23.9 Å². The number of hydrogen-bond donors (Lipinski definition) is 1. The number of hydrogen-bond acceptors (Lipinski definition) is 6. The van der Waals surface area contributed by atoms with Crippen LogP contribution in [-0.2, 0) is 0 Å². The van der Waals surface area contributed by atoms with Crippen LogP contribution in [0.15, 0.2) is 71.7 Å². The summed E-state index contributed by atoms with van der Waals surface area (Å²) in [5, 5.41) is 19.1. The maximum atomic E-state index is 12.4. The SMILES string of the molecule is CCCCCOc1ccc(C(=O)Oc2ccc(C=Nc3ccc(C#N)cc3)c(O)c2)cc1. The van der Waals surface area contributed by atoms with Crippen molar-refractivity contribution in [2.45, 2.75) is 26.2 Å². The Bertz CT molecular complexity index is 1110. The minimum absolute atomic E-state index is 0.0662. The van der Waals surface area contributed by atoms with Gasteiger partial charge in [0.15, 0.2) is 0 Å². The molecule has 0 saturated heterocycles. The number of phenols is 1. The predicted octanol–water partition coefficient (Wildman–Crippen LogP) is 5.80. The largest absolute Gasteiger partial charge is 0.507 e. The fourth-order valence-electron chi connectivity index (χ4n) is 2.86. The molecule has 0 amide bonds. The molecule has 162 valence electrons. The highest BCUT2D eigenvalue weighted by atomic mass is 16.5. The molecule has 6 nitrogen and oxygen atoms in total. The summed E-state index contributed by atoms with van der Waals surface area (Å²) in [6.45, 7) is 2.79. The van der Waals surface area contributed by atoms with Crippen LogP contribution < -0.4 is 9.47 Å². The van der Waals surface area contributed by atoms with Crippen LogP contribution in [0.1, 0.15) is 47.7 Å². The van der Waals surface area contributed by atoms with Crippen LogP contribution in [0.25, 0.3) is 0 Å². The third-order valence-electron chi connectivity index (χ3n) is 4.67. The Morgan fingerprint density at radius 3 is 2.41 bits per heavy atom. The second-order valence-electron chi connectivity index (χ2n) is 7.11. The second kappa shape index (κ2) is 11.3. The van der Waals surface area contributed by atoms with Crippen molar-refractivity contribution in [3.8, 4) is 23.3 Å². The normalized spacial score (nSPS) is 10.6. The van der Waals surface area contributed by atoms with Crippen molar-refractivity contribution in [3.05, 3.63) is 83.4 Å². The molecule has 0 aliphatic heterocycles. The molecule has 0 aliphatic rings. The van der Waals surface area contributed by atoms with Crippen LogP contribution in [0, 0.1) is 11.3 Å². The lowest BCUT2D eigenvalue weighted by Crippen LogP contribution is -2.08. The molecule has 3 rings (SSSR count). The number of ether oxygens (including phenoxy) is 2. The highest BCUT2D eigenvalue weighted by Crippen LogP contribution is 2.24. The Balaban J connectivity index is 1.59. The van der Waals surface area contributed by atoms with Crippen LogP contribution in [0.3, 0.4) is 0 Å². The zero-order chi connectivity index (χ0) is 22.8. The summed E-state index contributed by atoms with van der Waals surface area (Å²) in [6.07, 6.45) is 4.76. The number of aliphatic imine (C=N–C) groups is 1. The standard InChI is InChI=1S/C26H24N2O4/c1-2-3-4-15-31-23-12-7-20(8-13-23)26(30)32-24-14-9-21(25(29)16-24)18-28-22-10-5-19(17-27)6-11-22/h5-14,16,18,29H,2-4,15H2,1H3. The lowest BCUT2D eigenvalue weighted by molar-refractivity contribution is 0.0734. The van der Waals surface area contributed by atoms with E-state index in [4.69, 9.17) is 14.7 Å². The number of aromatic hydroxyl groups is 1. The first-order valence-corrected chi connectivity index (χ1v) is 10.4.